The summed E-state index contributed by atoms with van der Waals surface area (Å²) in [6, 6.07) is 5.80. The number of aryl methyl sites for hydroxylation is 1. The van der Waals surface area contributed by atoms with Crippen LogP contribution in [0.4, 0.5) is 0 Å². The zero-order chi connectivity index (χ0) is 14.5. The molecule has 0 amide bonds. The van der Waals surface area contributed by atoms with Crippen LogP contribution in [0.25, 0.3) is 0 Å². The summed E-state index contributed by atoms with van der Waals surface area (Å²) >= 11 is 1.66. The van der Waals surface area contributed by atoms with E-state index in [1.54, 1.807) is 18.4 Å². The van der Waals surface area contributed by atoms with E-state index in [-0.39, 0.29) is 6.04 Å². The molecule has 0 aliphatic heterocycles. The van der Waals surface area contributed by atoms with Crippen LogP contribution in [-0.2, 0) is 6.42 Å². The number of ether oxygens (including phenoxy) is 2. The second-order valence-corrected chi connectivity index (χ2v) is 5.60. The van der Waals surface area contributed by atoms with Gasteiger partial charge in [0, 0.05) is 17.3 Å². The third-order valence-electron chi connectivity index (χ3n) is 3.15. The fourth-order valence-corrected chi connectivity index (χ4v) is 2.67. The summed E-state index contributed by atoms with van der Waals surface area (Å²) in [6.07, 6.45) is 0.856. The molecule has 1 unspecified atom stereocenters. The van der Waals surface area contributed by atoms with E-state index in [4.69, 9.17) is 15.2 Å². The van der Waals surface area contributed by atoms with Gasteiger partial charge in [-0.15, -0.1) is 11.3 Å². The van der Waals surface area contributed by atoms with Crippen LogP contribution in [-0.4, -0.2) is 18.7 Å². The van der Waals surface area contributed by atoms with Gasteiger partial charge in [-0.1, -0.05) is 6.07 Å². The molecule has 2 rings (SSSR count). The molecule has 0 bridgehead atoms. The van der Waals surface area contributed by atoms with Crippen molar-refractivity contribution in [3.8, 4) is 11.5 Å². The molecule has 0 saturated heterocycles. The summed E-state index contributed by atoms with van der Waals surface area (Å²) in [5.41, 5.74) is 9.85. The quantitative estimate of drug-likeness (QED) is 0.889. The monoisotopic (exact) mass is 292 g/mol. The number of hydrogen-bond donors (Lipinski definition) is 1. The molecule has 1 atom stereocenters. The van der Waals surface area contributed by atoms with Gasteiger partial charge in [-0.2, -0.15) is 0 Å². The molecule has 0 aliphatic carbocycles. The summed E-state index contributed by atoms with van der Waals surface area (Å²) in [5, 5.41) is 0. The maximum Gasteiger partial charge on any atom is 0.161 e. The van der Waals surface area contributed by atoms with Crippen LogP contribution in [0.3, 0.4) is 0 Å². The SMILES string of the molecule is COc1cc(C(C)N)ccc1OCCc1scnc1C. The average Bonchev–Trinajstić information content (AvgIpc) is 2.84. The second kappa shape index (κ2) is 6.72. The predicted octanol–water partition coefficient (Wildman–Crippen LogP) is 3.10. The van der Waals surface area contributed by atoms with Crippen molar-refractivity contribution in [1.29, 1.82) is 0 Å². The Labute approximate surface area is 123 Å². The van der Waals surface area contributed by atoms with Gasteiger partial charge in [0.25, 0.3) is 0 Å². The Morgan fingerprint density at radius 3 is 2.75 bits per heavy atom. The minimum atomic E-state index is -0.0159. The highest BCUT2D eigenvalue weighted by atomic mass is 32.1. The largest absolute Gasteiger partial charge is 0.493 e. The number of hydrogen-bond acceptors (Lipinski definition) is 5. The molecule has 4 nitrogen and oxygen atoms in total. The van der Waals surface area contributed by atoms with Crippen molar-refractivity contribution in [2.75, 3.05) is 13.7 Å². The van der Waals surface area contributed by atoms with Crippen LogP contribution in [0, 0.1) is 6.92 Å². The van der Waals surface area contributed by atoms with E-state index in [0.717, 1.165) is 29.2 Å². The van der Waals surface area contributed by atoms with Gasteiger partial charge in [-0.25, -0.2) is 4.98 Å². The maximum atomic E-state index is 5.87. The molecular weight excluding hydrogens is 272 g/mol. The minimum absolute atomic E-state index is 0.0159. The Kier molecular flexibility index (Phi) is 4.98. The number of rotatable bonds is 6. The molecule has 0 fully saturated rings. The topological polar surface area (TPSA) is 57.4 Å². The molecule has 2 aromatic rings. The summed E-state index contributed by atoms with van der Waals surface area (Å²) < 4.78 is 11.2. The molecule has 1 aromatic heterocycles. The smallest absolute Gasteiger partial charge is 0.161 e. The summed E-state index contributed by atoms with van der Waals surface area (Å²) in [7, 11) is 1.64. The first-order chi connectivity index (χ1) is 9.61. The van der Waals surface area contributed by atoms with Gasteiger partial charge in [-0.3, -0.25) is 0 Å². The van der Waals surface area contributed by atoms with Crippen molar-refractivity contribution in [2.45, 2.75) is 26.3 Å². The average molecular weight is 292 g/mol. The van der Waals surface area contributed by atoms with Crippen LogP contribution >= 0.6 is 11.3 Å². The number of aromatic nitrogens is 1. The third-order valence-corrected chi connectivity index (χ3v) is 4.14. The van der Waals surface area contributed by atoms with Crippen LogP contribution in [0.15, 0.2) is 23.7 Å². The normalized spacial score (nSPS) is 12.2. The Morgan fingerprint density at radius 2 is 2.15 bits per heavy atom. The zero-order valence-electron chi connectivity index (χ0n) is 12.1. The molecule has 5 heteroatoms. The molecule has 20 heavy (non-hydrogen) atoms. The number of nitrogens with two attached hydrogens (primary N) is 1. The lowest BCUT2D eigenvalue weighted by molar-refractivity contribution is 0.298. The molecule has 0 spiro atoms. The molecule has 2 N–H and O–H groups in total. The van der Waals surface area contributed by atoms with Crippen LogP contribution in [0.5, 0.6) is 11.5 Å². The molecular formula is C15H20N2O2S. The first-order valence-electron chi connectivity index (χ1n) is 6.57. The van der Waals surface area contributed by atoms with Gasteiger partial charge in [-0.05, 0) is 31.5 Å². The van der Waals surface area contributed by atoms with Gasteiger partial charge in [0.05, 0.1) is 24.9 Å². The highest BCUT2D eigenvalue weighted by Gasteiger charge is 2.09. The number of benzene rings is 1. The van der Waals surface area contributed by atoms with E-state index in [9.17, 15) is 0 Å². The van der Waals surface area contributed by atoms with Crippen LogP contribution in [0.2, 0.25) is 0 Å². The highest BCUT2D eigenvalue weighted by molar-refractivity contribution is 7.09. The second-order valence-electron chi connectivity index (χ2n) is 4.66. The predicted molar refractivity (Wildman–Crippen MR) is 81.6 cm³/mol. The van der Waals surface area contributed by atoms with Crippen molar-refractivity contribution in [3.63, 3.8) is 0 Å². The standard InChI is InChI=1S/C15H20N2O2S/c1-10(16)12-4-5-13(14(8-12)18-3)19-7-6-15-11(2)17-9-20-15/h4-5,8-10H,6-7,16H2,1-3H3. The third kappa shape index (κ3) is 3.49. The number of methoxy groups -OCH3 is 1. The lowest BCUT2D eigenvalue weighted by Gasteiger charge is -2.13. The lowest BCUT2D eigenvalue weighted by atomic mass is 10.1. The molecule has 0 radical (unpaired) electrons. The number of nitrogens with zero attached hydrogens (tertiary/aromatic N) is 1. The van der Waals surface area contributed by atoms with Crippen molar-refractivity contribution in [3.05, 3.63) is 39.8 Å². The highest BCUT2D eigenvalue weighted by Crippen LogP contribution is 2.30. The van der Waals surface area contributed by atoms with E-state index in [1.165, 1.54) is 4.88 Å². The van der Waals surface area contributed by atoms with Crippen molar-refractivity contribution in [2.24, 2.45) is 5.73 Å². The number of thiazole rings is 1. The Bertz CT molecular complexity index is 567. The van der Waals surface area contributed by atoms with Gasteiger partial charge < -0.3 is 15.2 Å². The molecule has 108 valence electrons. The van der Waals surface area contributed by atoms with Gasteiger partial charge in [0.1, 0.15) is 0 Å². The Hall–Kier alpha value is -1.59. The van der Waals surface area contributed by atoms with Crippen LogP contribution in [0.1, 0.15) is 29.1 Å². The van der Waals surface area contributed by atoms with Gasteiger partial charge >= 0.3 is 0 Å². The van der Waals surface area contributed by atoms with Gasteiger partial charge in [0.15, 0.2) is 11.5 Å². The first kappa shape index (κ1) is 14.8. The maximum absolute atomic E-state index is 5.87. The zero-order valence-corrected chi connectivity index (χ0v) is 12.9. The van der Waals surface area contributed by atoms with Crippen molar-refractivity contribution < 1.29 is 9.47 Å². The van der Waals surface area contributed by atoms with E-state index in [2.05, 4.69) is 4.98 Å². The summed E-state index contributed by atoms with van der Waals surface area (Å²) in [5.74, 6) is 1.47. The first-order valence-corrected chi connectivity index (χ1v) is 7.45. The van der Waals surface area contributed by atoms with Crippen molar-refractivity contribution in [1.82, 2.24) is 4.98 Å². The van der Waals surface area contributed by atoms with Crippen molar-refractivity contribution >= 4 is 11.3 Å². The minimum Gasteiger partial charge on any atom is -0.493 e. The van der Waals surface area contributed by atoms with Crippen LogP contribution < -0.4 is 15.2 Å². The lowest BCUT2D eigenvalue weighted by Crippen LogP contribution is -2.06. The van der Waals surface area contributed by atoms with Gasteiger partial charge in [0.2, 0.25) is 0 Å². The van der Waals surface area contributed by atoms with E-state index in [1.807, 2.05) is 37.6 Å². The summed E-state index contributed by atoms with van der Waals surface area (Å²) in [6.45, 7) is 4.57. The fraction of sp³-hybridized carbons (Fsp3) is 0.400. The van der Waals surface area contributed by atoms with E-state index in [0.29, 0.717) is 6.61 Å². The van der Waals surface area contributed by atoms with E-state index >= 15 is 0 Å². The fourth-order valence-electron chi connectivity index (χ4n) is 1.91. The molecule has 1 heterocycles. The molecule has 0 aliphatic rings. The molecule has 1 aromatic carbocycles. The molecule has 0 saturated carbocycles. The van der Waals surface area contributed by atoms with E-state index < -0.39 is 0 Å². The Balaban J connectivity index is 2.00. The summed E-state index contributed by atoms with van der Waals surface area (Å²) in [4.78, 5) is 5.49. The Morgan fingerprint density at radius 1 is 1.35 bits per heavy atom.